The van der Waals surface area contributed by atoms with Crippen molar-refractivity contribution in [1.82, 2.24) is 19.6 Å². The minimum Gasteiger partial charge on any atom is -0.338 e. The molecule has 6 heteroatoms. The van der Waals surface area contributed by atoms with Crippen LogP contribution in [0.4, 0.5) is 0 Å². The van der Waals surface area contributed by atoms with E-state index in [0.29, 0.717) is 6.04 Å². The molecule has 0 aliphatic carbocycles. The lowest BCUT2D eigenvalue weighted by atomic mass is 10.1. The maximum Gasteiger partial charge on any atom is 0.244 e. The predicted molar refractivity (Wildman–Crippen MR) is 71.3 cm³/mol. The van der Waals surface area contributed by atoms with Crippen molar-refractivity contribution in [2.24, 2.45) is 12.8 Å². The minimum atomic E-state index is -0.582. The Morgan fingerprint density at radius 1 is 1.47 bits per heavy atom. The number of hydrogen-bond donors (Lipinski definition) is 1. The summed E-state index contributed by atoms with van der Waals surface area (Å²) in [5.74, 6) is 0.0274. The summed E-state index contributed by atoms with van der Waals surface area (Å²) >= 11 is 0. The summed E-state index contributed by atoms with van der Waals surface area (Å²) in [6.45, 7) is 3.79. The van der Waals surface area contributed by atoms with Gasteiger partial charge in [0.15, 0.2) is 0 Å². The van der Waals surface area contributed by atoms with Crippen molar-refractivity contribution in [2.75, 3.05) is 26.2 Å². The van der Waals surface area contributed by atoms with Crippen LogP contribution < -0.4 is 5.73 Å². The van der Waals surface area contributed by atoms with E-state index in [1.807, 2.05) is 18.1 Å². The van der Waals surface area contributed by atoms with Gasteiger partial charge in [-0.25, -0.2) is 0 Å². The van der Waals surface area contributed by atoms with Gasteiger partial charge in [-0.3, -0.25) is 14.4 Å². The first-order valence-corrected chi connectivity index (χ1v) is 6.92. The molecule has 2 atom stereocenters. The number of piperazine rings is 1. The van der Waals surface area contributed by atoms with Gasteiger partial charge in [0.1, 0.15) is 6.04 Å². The molecule has 2 fully saturated rings. The number of carbonyl (C=O) groups is 1. The lowest BCUT2D eigenvalue weighted by Crippen LogP contribution is -2.53. The number of nitrogens with two attached hydrogens (primary N) is 1. The predicted octanol–water partition coefficient (Wildman–Crippen LogP) is -0.273. The normalized spacial score (nSPS) is 25.4. The van der Waals surface area contributed by atoms with Gasteiger partial charge in [-0.05, 0) is 19.4 Å². The molecular formula is C13H21N5O. The molecule has 104 valence electrons. The molecule has 19 heavy (non-hydrogen) atoms. The van der Waals surface area contributed by atoms with Crippen LogP contribution >= 0.6 is 0 Å². The van der Waals surface area contributed by atoms with Crippen LogP contribution in [-0.2, 0) is 11.8 Å². The van der Waals surface area contributed by atoms with Gasteiger partial charge in [-0.15, -0.1) is 0 Å². The van der Waals surface area contributed by atoms with E-state index in [0.717, 1.165) is 25.2 Å². The highest BCUT2D eigenvalue weighted by Crippen LogP contribution is 2.23. The number of hydrogen-bond acceptors (Lipinski definition) is 4. The second kappa shape index (κ2) is 4.94. The first-order chi connectivity index (χ1) is 9.15. The van der Waals surface area contributed by atoms with Crippen molar-refractivity contribution in [3.63, 3.8) is 0 Å². The summed E-state index contributed by atoms with van der Waals surface area (Å²) in [7, 11) is 1.83. The molecule has 1 aromatic rings. The third-order valence-electron chi connectivity index (χ3n) is 4.25. The molecule has 1 amide bonds. The number of nitrogens with zero attached hydrogens (tertiary/aromatic N) is 4. The van der Waals surface area contributed by atoms with Crippen molar-refractivity contribution < 1.29 is 4.79 Å². The van der Waals surface area contributed by atoms with Crippen LogP contribution in [0.25, 0.3) is 0 Å². The average Bonchev–Trinajstić information content (AvgIpc) is 3.04. The minimum absolute atomic E-state index is 0.0274. The van der Waals surface area contributed by atoms with Crippen molar-refractivity contribution in [3.8, 4) is 0 Å². The van der Waals surface area contributed by atoms with Crippen LogP contribution in [-0.4, -0.2) is 57.7 Å². The van der Waals surface area contributed by atoms with Crippen LogP contribution in [0.3, 0.4) is 0 Å². The largest absolute Gasteiger partial charge is 0.338 e. The fourth-order valence-electron chi connectivity index (χ4n) is 3.13. The Bertz CT molecular complexity index is 471. The van der Waals surface area contributed by atoms with Gasteiger partial charge in [0, 0.05) is 44.5 Å². The third-order valence-corrected chi connectivity index (χ3v) is 4.25. The molecule has 0 bridgehead atoms. The molecule has 3 heterocycles. The molecule has 1 aromatic heterocycles. The van der Waals surface area contributed by atoms with Gasteiger partial charge in [-0.2, -0.15) is 5.10 Å². The summed E-state index contributed by atoms with van der Waals surface area (Å²) in [5.41, 5.74) is 6.85. The zero-order valence-electron chi connectivity index (χ0n) is 11.3. The molecule has 0 aromatic carbocycles. The number of fused-ring (bicyclic) bond motifs is 1. The Morgan fingerprint density at radius 3 is 3.05 bits per heavy atom. The molecule has 2 aliphatic heterocycles. The number of amides is 1. The van der Waals surface area contributed by atoms with Crippen LogP contribution in [0.1, 0.15) is 24.4 Å². The van der Waals surface area contributed by atoms with Crippen LogP contribution in [0.2, 0.25) is 0 Å². The van der Waals surface area contributed by atoms with Gasteiger partial charge in [-0.1, -0.05) is 0 Å². The van der Waals surface area contributed by atoms with E-state index in [1.165, 1.54) is 19.4 Å². The highest BCUT2D eigenvalue weighted by molar-refractivity contribution is 5.83. The van der Waals surface area contributed by atoms with E-state index in [4.69, 9.17) is 5.73 Å². The molecule has 2 saturated heterocycles. The van der Waals surface area contributed by atoms with Gasteiger partial charge in [0.05, 0.1) is 6.20 Å². The van der Waals surface area contributed by atoms with E-state index in [9.17, 15) is 4.79 Å². The molecular weight excluding hydrogens is 242 g/mol. The number of rotatable bonds is 2. The first kappa shape index (κ1) is 12.6. The van der Waals surface area contributed by atoms with E-state index >= 15 is 0 Å². The SMILES string of the molecule is Cn1cc(C(N)C(=O)N2CCN3CCCC3C2)cn1. The molecule has 0 saturated carbocycles. The third kappa shape index (κ3) is 2.37. The highest BCUT2D eigenvalue weighted by atomic mass is 16.2. The molecule has 2 unspecified atom stereocenters. The number of aryl methyl sites for hydroxylation is 1. The van der Waals surface area contributed by atoms with Gasteiger partial charge in [0.2, 0.25) is 5.91 Å². The Morgan fingerprint density at radius 2 is 2.32 bits per heavy atom. The number of aromatic nitrogens is 2. The smallest absolute Gasteiger partial charge is 0.244 e. The van der Waals surface area contributed by atoms with E-state index in [1.54, 1.807) is 10.9 Å². The lowest BCUT2D eigenvalue weighted by molar-refractivity contribution is -0.135. The zero-order chi connectivity index (χ0) is 13.4. The van der Waals surface area contributed by atoms with Crippen LogP contribution in [0, 0.1) is 0 Å². The molecule has 3 rings (SSSR count). The van der Waals surface area contributed by atoms with Crippen molar-refractivity contribution in [1.29, 1.82) is 0 Å². The maximum absolute atomic E-state index is 12.4. The van der Waals surface area contributed by atoms with Crippen LogP contribution in [0.5, 0.6) is 0 Å². The summed E-state index contributed by atoms with van der Waals surface area (Å²) in [5, 5.41) is 4.08. The Hall–Kier alpha value is -1.40. The molecule has 2 N–H and O–H groups in total. The molecule has 6 nitrogen and oxygen atoms in total. The highest BCUT2D eigenvalue weighted by Gasteiger charge is 2.34. The van der Waals surface area contributed by atoms with E-state index < -0.39 is 6.04 Å². The molecule has 0 spiro atoms. The van der Waals surface area contributed by atoms with E-state index in [-0.39, 0.29) is 5.91 Å². The van der Waals surface area contributed by atoms with Crippen molar-refractivity contribution >= 4 is 5.91 Å². The molecule has 2 aliphatic rings. The maximum atomic E-state index is 12.4. The lowest BCUT2D eigenvalue weighted by Gasteiger charge is -2.38. The van der Waals surface area contributed by atoms with Crippen LogP contribution in [0.15, 0.2) is 12.4 Å². The Balaban J connectivity index is 1.67. The first-order valence-electron chi connectivity index (χ1n) is 6.92. The van der Waals surface area contributed by atoms with Gasteiger partial charge < -0.3 is 10.6 Å². The van der Waals surface area contributed by atoms with Crippen molar-refractivity contribution in [2.45, 2.75) is 24.9 Å². The zero-order valence-corrected chi connectivity index (χ0v) is 11.3. The second-order valence-corrected chi connectivity index (χ2v) is 5.54. The summed E-state index contributed by atoms with van der Waals surface area (Å²) in [4.78, 5) is 16.8. The van der Waals surface area contributed by atoms with Crippen molar-refractivity contribution in [3.05, 3.63) is 18.0 Å². The fourth-order valence-corrected chi connectivity index (χ4v) is 3.13. The molecule has 0 radical (unpaired) electrons. The standard InChI is InChI=1S/C13H21N5O/c1-16-8-10(7-15-16)12(14)13(19)18-6-5-17-4-2-3-11(17)9-18/h7-8,11-12H,2-6,9,14H2,1H3. The van der Waals surface area contributed by atoms with Gasteiger partial charge >= 0.3 is 0 Å². The Kier molecular flexibility index (Phi) is 3.28. The summed E-state index contributed by atoms with van der Waals surface area (Å²) < 4.78 is 1.68. The summed E-state index contributed by atoms with van der Waals surface area (Å²) in [6, 6.07) is -0.0412. The Labute approximate surface area is 113 Å². The quantitative estimate of drug-likeness (QED) is 0.797. The average molecular weight is 263 g/mol. The van der Waals surface area contributed by atoms with E-state index in [2.05, 4.69) is 10.00 Å². The fraction of sp³-hybridized carbons (Fsp3) is 0.692. The summed E-state index contributed by atoms with van der Waals surface area (Å²) in [6.07, 6.45) is 5.94. The monoisotopic (exact) mass is 263 g/mol. The number of carbonyl (C=O) groups excluding carboxylic acids is 1. The topological polar surface area (TPSA) is 67.4 Å². The second-order valence-electron chi connectivity index (χ2n) is 5.54. The van der Waals surface area contributed by atoms with Gasteiger partial charge in [0.25, 0.3) is 0 Å².